The molecule has 1 aliphatic rings. The van der Waals surface area contributed by atoms with Crippen LogP contribution in [-0.4, -0.2) is 24.5 Å². The van der Waals surface area contributed by atoms with Crippen molar-refractivity contribution < 1.29 is 4.79 Å². The molecule has 1 heterocycles. The number of nitrogens with two attached hydrogens (primary N) is 1. The number of anilines is 1. The van der Waals surface area contributed by atoms with Gasteiger partial charge in [0, 0.05) is 5.69 Å². The first-order valence-corrected chi connectivity index (χ1v) is 5.98. The number of nitrogens with one attached hydrogen (secondary N) is 2. The molecule has 0 radical (unpaired) electrons. The van der Waals surface area contributed by atoms with Gasteiger partial charge in [0.05, 0.1) is 0 Å². The molecule has 0 bridgehead atoms. The van der Waals surface area contributed by atoms with E-state index in [-0.39, 0.29) is 5.91 Å². The Hall–Kier alpha value is -1.55. The average molecular weight is 233 g/mol. The molecule has 0 saturated carbocycles. The van der Waals surface area contributed by atoms with Gasteiger partial charge in [0.25, 0.3) is 0 Å². The molecule has 0 spiro atoms. The zero-order chi connectivity index (χ0) is 12.3. The van der Waals surface area contributed by atoms with Crippen LogP contribution in [0.4, 0.5) is 5.69 Å². The van der Waals surface area contributed by atoms with Gasteiger partial charge in [0.2, 0.25) is 5.91 Å². The Morgan fingerprint density at radius 1 is 1.41 bits per heavy atom. The Morgan fingerprint density at radius 2 is 2.12 bits per heavy atom. The zero-order valence-corrected chi connectivity index (χ0v) is 10.1. The number of hydrogen-bond donors (Lipinski definition) is 3. The molecule has 0 aliphatic carbocycles. The van der Waals surface area contributed by atoms with Crippen LogP contribution >= 0.6 is 0 Å². The first-order chi connectivity index (χ1) is 8.12. The molecule has 0 atom stereocenters. The van der Waals surface area contributed by atoms with E-state index in [0.717, 1.165) is 31.6 Å². The quantitative estimate of drug-likeness (QED) is 0.730. The number of benzene rings is 1. The molecule has 1 fully saturated rings. The van der Waals surface area contributed by atoms with Gasteiger partial charge in [0.15, 0.2) is 0 Å². The minimum absolute atomic E-state index is 0.263. The van der Waals surface area contributed by atoms with E-state index < -0.39 is 5.54 Å². The van der Waals surface area contributed by atoms with Crippen molar-refractivity contribution in [2.45, 2.75) is 25.3 Å². The fourth-order valence-corrected chi connectivity index (χ4v) is 2.29. The summed E-state index contributed by atoms with van der Waals surface area (Å²) in [6, 6.07) is 8.02. The highest BCUT2D eigenvalue weighted by Gasteiger charge is 2.37. The fraction of sp³-hybridized carbons (Fsp3) is 0.462. The Bertz CT molecular complexity index is 411. The van der Waals surface area contributed by atoms with Crippen molar-refractivity contribution in [3.8, 4) is 0 Å². The van der Waals surface area contributed by atoms with Crippen LogP contribution in [0.2, 0.25) is 0 Å². The van der Waals surface area contributed by atoms with E-state index in [1.165, 1.54) is 5.56 Å². The largest absolute Gasteiger partial charge is 0.371 e. The third kappa shape index (κ3) is 2.58. The smallest absolute Gasteiger partial charge is 0.243 e. The molecule has 92 valence electrons. The first-order valence-electron chi connectivity index (χ1n) is 5.98. The number of carbonyl (C=O) groups is 1. The Labute approximate surface area is 102 Å². The van der Waals surface area contributed by atoms with Crippen LogP contribution in [0, 0.1) is 6.92 Å². The molecule has 0 aromatic heterocycles. The van der Waals surface area contributed by atoms with E-state index in [1.807, 2.05) is 31.2 Å². The number of rotatable bonds is 3. The van der Waals surface area contributed by atoms with Crippen molar-refractivity contribution in [1.82, 2.24) is 5.32 Å². The summed E-state index contributed by atoms with van der Waals surface area (Å²) in [5.41, 5.74) is 7.09. The van der Waals surface area contributed by atoms with Crippen molar-refractivity contribution in [2.24, 2.45) is 5.73 Å². The predicted octanol–water partition coefficient (Wildman–Crippen LogP) is 1.01. The standard InChI is InChI=1S/C13H19N3O/c1-10-3-2-4-11(9-10)16-13(12(14)17)5-7-15-8-6-13/h2-4,9,15-16H,5-8H2,1H3,(H2,14,17). The van der Waals surface area contributed by atoms with Gasteiger partial charge in [-0.1, -0.05) is 12.1 Å². The molecular weight excluding hydrogens is 214 g/mol. The van der Waals surface area contributed by atoms with Crippen LogP contribution < -0.4 is 16.4 Å². The minimum atomic E-state index is -0.598. The molecule has 1 saturated heterocycles. The average Bonchev–Trinajstić information content (AvgIpc) is 2.30. The summed E-state index contributed by atoms with van der Waals surface area (Å²) in [5, 5.41) is 6.56. The highest BCUT2D eigenvalue weighted by Crippen LogP contribution is 2.24. The molecule has 1 aromatic carbocycles. The molecule has 17 heavy (non-hydrogen) atoms. The van der Waals surface area contributed by atoms with Crippen LogP contribution in [0.1, 0.15) is 18.4 Å². The number of carbonyl (C=O) groups excluding carboxylic acids is 1. The van der Waals surface area contributed by atoms with Crippen LogP contribution in [0.5, 0.6) is 0 Å². The maximum Gasteiger partial charge on any atom is 0.243 e. The van der Waals surface area contributed by atoms with Crippen molar-refractivity contribution in [3.63, 3.8) is 0 Å². The second kappa shape index (κ2) is 4.75. The summed E-state index contributed by atoms with van der Waals surface area (Å²) in [6.07, 6.45) is 1.46. The lowest BCUT2D eigenvalue weighted by molar-refractivity contribution is -0.123. The molecule has 0 unspecified atom stereocenters. The molecule has 1 aliphatic heterocycles. The molecule has 1 aromatic rings. The lowest BCUT2D eigenvalue weighted by Gasteiger charge is -2.36. The number of primary amides is 1. The van der Waals surface area contributed by atoms with Crippen molar-refractivity contribution >= 4 is 11.6 Å². The van der Waals surface area contributed by atoms with Crippen LogP contribution in [-0.2, 0) is 4.79 Å². The van der Waals surface area contributed by atoms with Crippen molar-refractivity contribution in [1.29, 1.82) is 0 Å². The fourth-order valence-electron chi connectivity index (χ4n) is 2.29. The van der Waals surface area contributed by atoms with E-state index in [2.05, 4.69) is 10.6 Å². The van der Waals surface area contributed by atoms with Gasteiger partial charge in [-0.2, -0.15) is 0 Å². The van der Waals surface area contributed by atoms with Gasteiger partial charge in [0.1, 0.15) is 5.54 Å². The lowest BCUT2D eigenvalue weighted by atomic mass is 9.87. The third-order valence-electron chi connectivity index (χ3n) is 3.33. The molecule has 1 amide bonds. The first kappa shape index (κ1) is 11.9. The number of amides is 1. The highest BCUT2D eigenvalue weighted by atomic mass is 16.1. The maximum atomic E-state index is 11.7. The Morgan fingerprint density at radius 3 is 2.71 bits per heavy atom. The molecule has 4 heteroatoms. The molecule has 2 rings (SSSR count). The van der Waals surface area contributed by atoms with Gasteiger partial charge < -0.3 is 16.4 Å². The van der Waals surface area contributed by atoms with E-state index in [9.17, 15) is 4.79 Å². The second-order valence-electron chi connectivity index (χ2n) is 4.69. The SMILES string of the molecule is Cc1cccc(NC2(C(N)=O)CCNCC2)c1. The summed E-state index contributed by atoms with van der Waals surface area (Å²) in [7, 11) is 0. The van der Waals surface area contributed by atoms with Crippen LogP contribution in [0.3, 0.4) is 0 Å². The topological polar surface area (TPSA) is 67.1 Å². The van der Waals surface area contributed by atoms with Crippen LogP contribution in [0.25, 0.3) is 0 Å². The highest BCUT2D eigenvalue weighted by molar-refractivity contribution is 5.88. The van der Waals surface area contributed by atoms with Gasteiger partial charge in [-0.25, -0.2) is 0 Å². The molecular formula is C13H19N3O. The monoisotopic (exact) mass is 233 g/mol. The van der Waals surface area contributed by atoms with Crippen LogP contribution in [0.15, 0.2) is 24.3 Å². The van der Waals surface area contributed by atoms with Gasteiger partial charge in [-0.05, 0) is 50.6 Å². The van der Waals surface area contributed by atoms with Crippen molar-refractivity contribution in [2.75, 3.05) is 18.4 Å². The summed E-state index contributed by atoms with van der Waals surface area (Å²) in [4.78, 5) is 11.7. The number of aryl methyl sites for hydroxylation is 1. The summed E-state index contributed by atoms with van der Waals surface area (Å²) >= 11 is 0. The predicted molar refractivity (Wildman–Crippen MR) is 68.8 cm³/mol. The van der Waals surface area contributed by atoms with E-state index >= 15 is 0 Å². The minimum Gasteiger partial charge on any atom is -0.371 e. The van der Waals surface area contributed by atoms with E-state index in [0.29, 0.717) is 0 Å². The summed E-state index contributed by atoms with van der Waals surface area (Å²) in [6.45, 7) is 3.67. The zero-order valence-electron chi connectivity index (χ0n) is 10.1. The van der Waals surface area contributed by atoms with E-state index in [1.54, 1.807) is 0 Å². The summed E-state index contributed by atoms with van der Waals surface area (Å²) in [5.74, 6) is -0.263. The van der Waals surface area contributed by atoms with E-state index in [4.69, 9.17) is 5.73 Å². The Kier molecular flexibility index (Phi) is 3.33. The number of hydrogen-bond acceptors (Lipinski definition) is 3. The molecule has 4 nitrogen and oxygen atoms in total. The second-order valence-corrected chi connectivity index (χ2v) is 4.69. The lowest BCUT2D eigenvalue weighted by Crippen LogP contribution is -2.56. The van der Waals surface area contributed by atoms with Crippen molar-refractivity contribution in [3.05, 3.63) is 29.8 Å². The van der Waals surface area contributed by atoms with Gasteiger partial charge in [-0.3, -0.25) is 4.79 Å². The Balaban J connectivity index is 2.20. The summed E-state index contributed by atoms with van der Waals surface area (Å²) < 4.78 is 0. The normalized spacial score (nSPS) is 18.6. The molecule has 4 N–H and O–H groups in total. The third-order valence-corrected chi connectivity index (χ3v) is 3.33. The van der Waals surface area contributed by atoms with Gasteiger partial charge in [-0.15, -0.1) is 0 Å². The maximum absolute atomic E-state index is 11.7. The van der Waals surface area contributed by atoms with Gasteiger partial charge >= 0.3 is 0 Å². The number of piperidine rings is 1.